The van der Waals surface area contributed by atoms with E-state index in [1.807, 2.05) is 0 Å². The lowest BCUT2D eigenvalue weighted by atomic mass is 10.1. The average molecular weight is 315 g/mol. The number of nitrogens with one attached hydrogen (secondary N) is 1. The van der Waals surface area contributed by atoms with Crippen LogP contribution in [0.25, 0.3) is 0 Å². The number of carboxylic acid groups (broad SMARTS) is 1. The van der Waals surface area contributed by atoms with Crippen LogP contribution in [0.3, 0.4) is 0 Å². The molecule has 0 saturated heterocycles. The molecule has 0 saturated carbocycles. The van der Waals surface area contributed by atoms with Crippen LogP contribution in [0.5, 0.6) is 11.5 Å². The summed E-state index contributed by atoms with van der Waals surface area (Å²) in [6.07, 6.45) is -0.515. The zero-order valence-electron chi connectivity index (χ0n) is 10.6. The Morgan fingerprint density at radius 3 is 2.71 bits per heavy atom. The Balaban J connectivity index is 2.18. The van der Waals surface area contributed by atoms with Crippen molar-refractivity contribution in [1.82, 2.24) is 5.32 Å². The minimum absolute atomic E-state index is 0.0143. The fourth-order valence-electron chi connectivity index (χ4n) is 1.74. The molecule has 0 aliphatic carbocycles. The van der Waals surface area contributed by atoms with Crippen molar-refractivity contribution < 1.29 is 29.0 Å². The first-order chi connectivity index (χ1) is 9.88. The van der Waals surface area contributed by atoms with E-state index in [-0.39, 0.29) is 23.1 Å². The van der Waals surface area contributed by atoms with E-state index in [9.17, 15) is 14.4 Å². The largest absolute Gasteiger partial charge is 0.480 e. The van der Waals surface area contributed by atoms with Crippen LogP contribution >= 0.6 is 11.6 Å². The number of ether oxygens (including phenoxy) is 2. The lowest BCUT2D eigenvalue weighted by Gasteiger charge is -2.13. The van der Waals surface area contributed by atoms with E-state index in [4.69, 9.17) is 31.9 Å². The maximum absolute atomic E-state index is 12.0. The number of nitrogens with two attached hydrogens (primary N) is 1. The smallest absolute Gasteiger partial charge is 0.326 e. The highest BCUT2D eigenvalue weighted by molar-refractivity contribution is 6.32. The van der Waals surface area contributed by atoms with Gasteiger partial charge in [0.2, 0.25) is 12.7 Å². The number of amides is 2. The van der Waals surface area contributed by atoms with Crippen molar-refractivity contribution in [1.29, 1.82) is 0 Å². The van der Waals surface area contributed by atoms with Crippen LogP contribution < -0.4 is 20.5 Å². The zero-order chi connectivity index (χ0) is 15.6. The lowest BCUT2D eigenvalue weighted by Crippen LogP contribution is -2.43. The summed E-state index contributed by atoms with van der Waals surface area (Å²) in [7, 11) is 0. The van der Waals surface area contributed by atoms with Gasteiger partial charge >= 0.3 is 5.97 Å². The molecule has 1 heterocycles. The molecule has 0 spiro atoms. The molecule has 0 fully saturated rings. The monoisotopic (exact) mass is 314 g/mol. The summed E-state index contributed by atoms with van der Waals surface area (Å²) in [5, 5.41) is 11.3. The Kier molecular flexibility index (Phi) is 4.18. The molecule has 8 nitrogen and oxygen atoms in total. The van der Waals surface area contributed by atoms with Crippen molar-refractivity contribution in [2.45, 2.75) is 12.5 Å². The minimum Gasteiger partial charge on any atom is -0.480 e. The van der Waals surface area contributed by atoms with Crippen LogP contribution in [-0.4, -0.2) is 35.7 Å². The highest BCUT2D eigenvalue weighted by Crippen LogP contribution is 2.39. The molecular formula is C12H11ClN2O6. The normalized spacial score (nSPS) is 13.6. The lowest BCUT2D eigenvalue weighted by molar-refractivity contribution is -0.140. The van der Waals surface area contributed by atoms with Crippen molar-refractivity contribution in [3.8, 4) is 11.5 Å². The van der Waals surface area contributed by atoms with Gasteiger partial charge < -0.3 is 25.6 Å². The van der Waals surface area contributed by atoms with Gasteiger partial charge in [0.1, 0.15) is 6.04 Å². The van der Waals surface area contributed by atoms with E-state index in [1.54, 1.807) is 0 Å². The number of carbonyl (C=O) groups is 3. The third-order valence-electron chi connectivity index (χ3n) is 2.70. The fourth-order valence-corrected chi connectivity index (χ4v) is 2.01. The number of benzene rings is 1. The van der Waals surface area contributed by atoms with Gasteiger partial charge in [0.25, 0.3) is 5.91 Å². The summed E-state index contributed by atoms with van der Waals surface area (Å²) in [6, 6.07) is 1.26. The number of primary amides is 1. The van der Waals surface area contributed by atoms with Crippen LogP contribution in [0.1, 0.15) is 16.8 Å². The van der Waals surface area contributed by atoms with E-state index in [2.05, 4.69) is 5.32 Å². The summed E-state index contributed by atoms with van der Waals surface area (Å²) in [6.45, 7) is -0.0143. The second-order valence-corrected chi connectivity index (χ2v) is 4.63. The predicted molar refractivity (Wildman–Crippen MR) is 70.3 cm³/mol. The van der Waals surface area contributed by atoms with E-state index in [0.717, 1.165) is 0 Å². The van der Waals surface area contributed by atoms with Gasteiger partial charge in [0.05, 0.1) is 11.4 Å². The molecule has 1 atom stereocenters. The molecule has 2 rings (SSSR count). The first-order valence-electron chi connectivity index (χ1n) is 5.79. The molecule has 0 bridgehead atoms. The Labute approximate surface area is 123 Å². The highest BCUT2D eigenvalue weighted by atomic mass is 35.5. The first kappa shape index (κ1) is 14.9. The van der Waals surface area contributed by atoms with Gasteiger partial charge in [-0.05, 0) is 12.1 Å². The molecule has 2 amide bonds. The second-order valence-electron chi connectivity index (χ2n) is 4.23. The topological polar surface area (TPSA) is 128 Å². The number of rotatable bonds is 5. The van der Waals surface area contributed by atoms with E-state index < -0.39 is 30.2 Å². The zero-order valence-corrected chi connectivity index (χ0v) is 11.3. The average Bonchev–Trinajstić information content (AvgIpc) is 2.85. The molecule has 21 heavy (non-hydrogen) atoms. The standard InChI is InChI=1S/C12H11ClN2O6/c13-6-1-5(2-8-10(6)21-4-20-8)11(17)15-7(12(18)19)3-9(14)16/h1-2,7H,3-4H2,(H2,14,16)(H,15,17)(H,18,19)/t7-/m1/s1. The van der Waals surface area contributed by atoms with Crippen LogP contribution in [0.15, 0.2) is 12.1 Å². The molecule has 1 aromatic rings. The summed E-state index contributed by atoms with van der Waals surface area (Å²) >= 11 is 5.93. The molecule has 0 radical (unpaired) electrons. The van der Waals surface area contributed by atoms with Crippen LogP contribution in [-0.2, 0) is 9.59 Å². The Hall–Kier alpha value is -2.48. The number of carbonyl (C=O) groups excluding carboxylic acids is 2. The van der Waals surface area contributed by atoms with Gasteiger partial charge in [-0.1, -0.05) is 11.6 Å². The number of hydrogen-bond donors (Lipinski definition) is 3. The van der Waals surface area contributed by atoms with Gasteiger partial charge in [0, 0.05) is 5.56 Å². The highest BCUT2D eigenvalue weighted by Gasteiger charge is 2.25. The van der Waals surface area contributed by atoms with Crippen LogP contribution in [0, 0.1) is 0 Å². The third-order valence-corrected chi connectivity index (χ3v) is 2.98. The number of hydrogen-bond acceptors (Lipinski definition) is 5. The molecular weight excluding hydrogens is 304 g/mol. The molecule has 112 valence electrons. The molecule has 0 unspecified atom stereocenters. The van der Waals surface area contributed by atoms with Crippen molar-refractivity contribution >= 4 is 29.4 Å². The summed E-state index contributed by atoms with van der Waals surface area (Å²) in [5.74, 6) is -2.32. The summed E-state index contributed by atoms with van der Waals surface area (Å²) in [5.41, 5.74) is 5.02. The number of aliphatic carboxylic acids is 1. The molecule has 1 aromatic carbocycles. The van der Waals surface area contributed by atoms with Crippen molar-refractivity contribution in [2.75, 3.05) is 6.79 Å². The quantitative estimate of drug-likeness (QED) is 0.708. The van der Waals surface area contributed by atoms with Crippen molar-refractivity contribution in [3.05, 3.63) is 22.7 Å². The second kappa shape index (κ2) is 5.88. The summed E-state index contributed by atoms with van der Waals surface area (Å²) < 4.78 is 10.2. The van der Waals surface area contributed by atoms with E-state index in [0.29, 0.717) is 5.75 Å². The molecule has 1 aliphatic heterocycles. The Bertz CT molecular complexity index is 618. The number of fused-ring (bicyclic) bond motifs is 1. The van der Waals surface area contributed by atoms with Crippen molar-refractivity contribution in [3.63, 3.8) is 0 Å². The Morgan fingerprint density at radius 1 is 1.38 bits per heavy atom. The van der Waals surface area contributed by atoms with E-state index in [1.165, 1.54) is 12.1 Å². The third kappa shape index (κ3) is 3.34. The number of halogens is 1. The minimum atomic E-state index is -1.42. The fraction of sp³-hybridized carbons (Fsp3) is 0.250. The van der Waals surface area contributed by atoms with Gasteiger partial charge in [-0.3, -0.25) is 9.59 Å². The molecule has 9 heteroatoms. The van der Waals surface area contributed by atoms with Gasteiger partial charge in [0.15, 0.2) is 11.5 Å². The van der Waals surface area contributed by atoms with Crippen LogP contribution in [0.2, 0.25) is 5.02 Å². The maximum atomic E-state index is 12.0. The summed E-state index contributed by atoms with van der Waals surface area (Å²) in [4.78, 5) is 33.8. The molecule has 4 N–H and O–H groups in total. The number of carboxylic acids is 1. The predicted octanol–water partition coefficient (Wildman–Crippen LogP) is 0.127. The Morgan fingerprint density at radius 2 is 2.10 bits per heavy atom. The van der Waals surface area contributed by atoms with Gasteiger partial charge in [-0.2, -0.15) is 0 Å². The van der Waals surface area contributed by atoms with Crippen molar-refractivity contribution in [2.24, 2.45) is 5.73 Å². The molecule has 1 aliphatic rings. The van der Waals surface area contributed by atoms with Crippen LogP contribution in [0.4, 0.5) is 0 Å². The SMILES string of the molecule is NC(=O)C[C@@H](NC(=O)c1cc(Cl)c2c(c1)OCO2)C(=O)O. The van der Waals surface area contributed by atoms with Gasteiger partial charge in [-0.25, -0.2) is 4.79 Å². The maximum Gasteiger partial charge on any atom is 0.326 e. The van der Waals surface area contributed by atoms with E-state index >= 15 is 0 Å². The van der Waals surface area contributed by atoms with Gasteiger partial charge in [-0.15, -0.1) is 0 Å². The first-order valence-corrected chi connectivity index (χ1v) is 6.17. The molecule has 0 aromatic heterocycles.